The minimum Gasteiger partial charge on any atom is -0.478 e. The molecule has 1 aliphatic heterocycles. The number of hydrogen-bond acceptors (Lipinski definition) is 4. The molecule has 0 spiro atoms. The number of aliphatic carboxylic acids is 2. The first-order valence-electron chi connectivity index (χ1n) is 10.0. The van der Waals surface area contributed by atoms with Gasteiger partial charge in [0.1, 0.15) is 5.82 Å². The maximum Gasteiger partial charge on any atom is 0.416 e. The Morgan fingerprint density at radius 2 is 1.65 bits per heavy atom. The van der Waals surface area contributed by atoms with Gasteiger partial charge >= 0.3 is 18.1 Å². The average molecular weight is 446 g/mol. The number of nitrogens with one attached hydrogen (secondary N) is 1. The van der Waals surface area contributed by atoms with Crippen molar-refractivity contribution in [2.24, 2.45) is 0 Å². The van der Waals surface area contributed by atoms with E-state index in [1.165, 1.54) is 6.07 Å². The molecular formula is C21H26F4N2O4. The summed E-state index contributed by atoms with van der Waals surface area (Å²) in [5.41, 5.74) is -0.487. The molecule has 6 nitrogen and oxygen atoms in total. The highest BCUT2D eigenvalue weighted by Gasteiger charge is 2.33. The van der Waals surface area contributed by atoms with Crippen LogP contribution >= 0.6 is 0 Å². The van der Waals surface area contributed by atoms with Gasteiger partial charge in [0.25, 0.3) is 0 Å². The van der Waals surface area contributed by atoms with Crippen LogP contribution in [0, 0.1) is 5.82 Å². The van der Waals surface area contributed by atoms with Gasteiger partial charge in [0, 0.05) is 37.3 Å². The standard InChI is InChI=1S/C17H22F4N2.C4H4O4/c18-14-8-12(7-13(9-14)17(19,20)21)11-23(15-3-1-2-4-15)16-5-6-22-10-16;5-3(6)1-2-4(7)8/h7-9,15-16,22H,1-6,10-11H2;1-2H,(H,5,6)(H,7,8)/t16-;/m0./s1. The van der Waals surface area contributed by atoms with E-state index in [1.54, 1.807) is 0 Å². The van der Waals surface area contributed by atoms with Gasteiger partial charge in [-0.2, -0.15) is 13.2 Å². The van der Waals surface area contributed by atoms with Crippen molar-refractivity contribution < 1.29 is 37.4 Å². The van der Waals surface area contributed by atoms with E-state index >= 15 is 0 Å². The van der Waals surface area contributed by atoms with Gasteiger partial charge in [-0.15, -0.1) is 0 Å². The second-order valence-electron chi connectivity index (χ2n) is 7.61. The molecule has 1 saturated heterocycles. The summed E-state index contributed by atoms with van der Waals surface area (Å²) in [6, 6.07) is 3.63. The van der Waals surface area contributed by atoms with Gasteiger partial charge in [0.2, 0.25) is 0 Å². The van der Waals surface area contributed by atoms with Crippen LogP contribution in [0.15, 0.2) is 30.4 Å². The predicted octanol–water partition coefficient (Wildman–Crippen LogP) is 3.66. The molecule has 0 bridgehead atoms. The van der Waals surface area contributed by atoms with E-state index in [0.29, 0.717) is 42.4 Å². The largest absolute Gasteiger partial charge is 0.478 e. The van der Waals surface area contributed by atoms with Crippen molar-refractivity contribution in [1.29, 1.82) is 0 Å². The minimum absolute atomic E-state index is 0.329. The molecule has 2 fully saturated rings. The highest BCUT2D eigenvalue weighted by Crippen LogP contribution is 2.32. The van der Waals surface area contributed by atoms with Crippen LogP contribution in [-0.2, 0) is 22.3 Å². The molecule has 3 rings (SSSR count). The number of halogens is 4. The lowest BCUT2D eigenvalue weighted by Gasteiger charge is -2.34. The summed E-state index contributed by atoms with van der Waals surface area (Å²) in [4.78, 5) is 21.4. The summed E-state index contributed by atoms with van der Waals surface area (Å²) >= 11 is 0. The van der Waals surface area contributed by atoms with Crippen molar-refractivity contribution >= 4 is 11.9 Å². The molecule has 1 aromatic carbocycles. The number of alkyl halides is 3. The second kappa shape index (κ2) is 11.2. The van der Waals surface area contributed by atoms with Crippen LogP contribution in [0.25, 0.3) is 0 Å². The lowest BCUT2D eigenvalue weighted by molar-refractivity contribution is -0.138. The van der Waals surface area contributed by atoms with Crippen molar-refractivity contribution in [2.75, 3.05) is 13.1 Å². The number of carbonyl (C=O) groups is 2. The third-order valence-corrected chi connectivity index (χ3v) is 5.32. The van der Waals surface area contributed by atoms with Crippen LogP contribution in [0.2, 0.25) is 0 Å². The van der Waals surface area contributed by atoms with E-state index in [-0.39, 0.29) is 0 Å². The molecule has 1 saturated carbocycles. The zero-order chi connectivity index (χ0) is 23.0. The fourth-order valence-electron chi connectivity index (χ4n) is 3.97. The minimum atomic E-state index is -4.51. The maximum atomic E-state index is 13.6. The quantitative estimate of drug-likeness (QED) is 0.457. The van der Waals surface area contributed by atoms with E-state index in [1.807, 2.05) is 0 Å². The second-order valence-corrected chi connectivity index (χ2v) is 7.61. The number of carboxylic acid groups (broad SMARTS) is 2. The molecule has 31 heavy (non-hydrogen) atoms. The first-order valence-corrected chi connectivity index (χ1v) is 10.0. The Labute approximate surface area is 177 Å². The molecule has 3 N–H and O–H groups in total. The Kier molecular flexibility index (Phi) is 9.00. The van der Waals surface area contributed by atoms with Crippen molar-refractivity contribution in [1.82, 2.24) is 10.2 Å². The smallest absolute Gasteiger partial charge is 0.416 e. The van der Waals surface area contributed by atoms with E-state index in [2.05, 4.69) is 10.2 Å². The van der Waals surface area contributed by atoms with Crippen molar-refractivity contribution in [3.63, 3.8) is 0 Å². The monoisotopic (exact) mass is 446 g/mol. The third kappa shape index (κ3) is 8.29. The van der Waals surface area contributed by atoms with E-state index in [0.717, 1.165) is 51.3 Å². The number of benzene rings is 1. The number of rotatable bonds is 6. The summed E-state index contributed by atoms with van der Waals surface area (Å²) in [5.74, 6) is -3.33. The summed E-state index contributed by atoms with van der Waals surface area (Å²) in [6.07, 6.45) is 2.10. The van der Waals surface area contributed by atoms with Crippen LogP contribution in [0.3, 0.4) is 0 Å². The molecular weight excluding hydrogens is 420 g/mol. The SMILES string of the molecule is Fc1cc(CN(C2CCCC2)[C@H]2CCNC2)cc(C(F)(F)F)c1.O=C(O)C=CC(=O)O. The van der Waals surface area contributed by atoms with Gasteiger partial charge in [-0.05, 0) is 49.6 Å². The average Bonchev–Trinajstić information content (AvgIpc) is 3.38. The summed E-state index contributed by atoms with van der Waals surface area (Å²) in [7, 11) is 0. The van der Waals surface area contributed by atoms with Gasteiger partial charge in [-0.1, -0.05) is 12.8 Å². The van der Waals surface area contributed by atoms with Crippen molar-refractivity contribution in [2.45, 2.75) is 56.9 Å². The van der Waals surface area contributed by atoms with Crippen LogP contribution in [0.5, 0.6) is 0 Å². The Morgan fingerprint density at radius 1 is 1.03 bits per heavy atom. The van der Waals surface area contributed by atoms with E-state index in [4.69, 9.17) is 10.2 Å². The Bertz CT molecular complexity index is 754. The van der Waals surface area contributed by atoms with Gasteiger partial charge < -0.3 is 15.5 Å². The summed E-state index contributed by atoms with van der Waals surface area (Å²) in [5, 5.41) is 18.9. The topological polar surface area (TPSA) is 89.9 Å². The number of hydrogen-bond donors (Lipinski definition) is 3. The first-order chi connectivity index (χ1) is 14.6. The van der Waals surface area contributed by atoms with Crippen LogP contribution in [0.4, 0.5) is 17.6 Å². The van der Waals surface area contributed by atoms with Gasteiger partial charge in [0.15, 0.2) is 0 Å². The molecule has 0 amide bonds. The van der Waals surface area contributed by atoms with Crippen molar-refractivity contribution in [3.8, 4) is 0 Å². The summed E-state index contributed by atoms with van der Waals surface area (Å²) < 4.78 is 52.3. The molecule has 172 valence electrons. The normalized spacial score (nSPS) is 19.6. The van der Waals surface area contributed by atoms with Gasteiger partial charge in [-0.25, -0.2) is 14.0 Å². The van der Waals surface area contributed by atoms with Gasteiger partial charge in [0.05, 0.1) is 5.56 Å². The molecule has 1 atom stereocenters. The lowest BCUT2D eigenvalue weighted by Crippen LogP contribution is -2.42. The molecule has 1 heterocycles. The van der Waals surface area contributed by atoms with Crippen LogP contribution in [0.1, 0.15) is 43.2 Å². The number of nitrogens with zero attached hydrogens (tertiary/aromatic N) is 1. The van der Waals surface area contributed by atoms with Crippen LogP contribution < -0.4 is 5.32 Å². The Morgan fingerprint density at radius 3 is 2.13 bits per heavy atom. The lowest BCUT2D eigenvalue weighted by atomic mass is 10.0. The molecule has 1 aliphatic carbocycles. The highest BCUT2D eigenvalue weighted by molar-refractivity contribution is 5.89. The molecule has 2 aliphatic rings. The fourth-order valence-corrected chi connectivity index (χ4v) is 3.97. The molecule has 0 unspecified atom stereocenters. The van der Waals surface area contributed by atoms with Gasteiger partial charge in [-0.3, -0.25) is 4.90 Å². The Hall–Kier alpha value is -2.46. The summed E-state index contributed by atoms with van der Waals surface area (Å²) in [6.45, 7) is 2.18. The molecule has 0 radical (unpaired) electrons. The third-order valence-electron chi connectivity index (χ3n) is 5.32. The first kappa shape index (κ1) is 24.8. The molecule has 0 aromatic heterocycles. The van der Waals surface area contributed by atoms with Crippen molar-refractivity contribution in [3.05, 3.63) is 47.3 Å². The fraction of sp³-hybridized carbons (Fsp3) is 0.524. The molecule has 1 aromatic rings. The Balaban J connectivity index is 0.000000366. The molecule has 10 heteroatoms. The zero-order valence-electron chi connectivity index (χ0n) is 16.9. The highest BCUT2D eigenvalue weighted by atomic mass is 19.4. The number of carboxylic acids is 2. The maximum absolute atomic E-state index is 13.6. The predicted molar refractivity (Wildman–Crippen MR) is 105 cm³/mol. The van der Waals surface area contributed by atoms with Crippen LogP contribution in [-0.4, -0.2) is 52.2 Å². The van der Waals surface area contributed by atoms with E-state index in [9.17, 15) is 27.2 Å². The van der Waals surface area contributed by atoms with E-state index < -0.39 is 29.5 Å². The zero-order valence-corrected chi connectivity index (χ0v) is 16.9.